The molecule has 0 N–H and O–H groups in total. The molecule has 1 aliphatic rings. The van der Waals surface area contributed by atoms with Crippen molar-refractivity contribution in [1.29, 1.82) is 5.26 Å². The highest BCUT2D eigenvalue weighted by Gasteiger charge is 2.30. The molecule has 1 aromatic carbocycles. The van der Waals surface area contributed by atoms with E-state index in [0.29, 0.717) is 5.01 Å². The third-order valence-corrected chi connectivity index (χ3v) is 5.15. The lowest BCUT2D eigenvalue weighted by Gasteiger charge is -2.18. The first-order chi connectivity index (χ1) is 11.7. The minimum Gasteiger partial charge on any atom is -0.497 e. The van der Waals surface area contributed by atoms with E-state index in [4.69, 9.17) is 4.74 Å². The van der Waals surface area contributed by atoms with Gasteiger partial charge in [-0.15, -0.1) is 11.3 Å². The van der Waals surface area contributed by atoms with Gasteiger partial charge in [-0.2, -0.15) is 5.26 Å². The summed E-state index contributed by atoms with van der Waals surface area (Å²) in [6, 6.07) is 9.74. The second kappa shape index (κ2) is 7.41. The van der Waals surface area contributed by atoms with E-state index in [0.717, 1.165) is 36.3 Å². The Labute approximate surface area is 145 Å². The summed E-state index contributed by atoms with van der Waals surface area (Å²) in [5.74, 6) is -0.0476. The van der Waals surface area contributed by atoms with Crippen molar-refractivity contribution in [2.75, 3.05) is 7.11 Å². The lowest BCUT2D eigenvalue weighted by Crippen LogP contribution is -2.22. The zero-order valence-electron chi connectivity index (χ0n) is 13.4. The number of ketones is 1. The fraction of sp³-hybridized carbons (Fsp3) is 0.316. The maximum absolute atomic E-state index is 12.7. The highest BCUT2D eigenvalue weighted by atomic mass is 32.1. The molecular formula is C19H18N2O2S. The Hall–Kier alpha value is -2.45. The van der Waals surface area contributed by atoms with Gasteiger partial charge in [-0.25, -0.2) is 4.98 Å². The van der Waals surface area contributed by atoms with Crippen LogP contribution in [0.2, 0.25) is 0 Å². The third-order valence-electron chi connectivity index (χ3n) is 4.24. The summed E-state index contributed by atoms with van der Waals surface area (Å²) in [7, 11) is 1.62. The second-order valence-electron chi connectivity index (χ2n) is 5.75. The molecule has 0 bridgehead atoms. The van der Waals surface area contributed by atoms with Crippen molar-refractivity contribution in [3.8, 4) is 23.1 Å². The van der Waals surface area contributed by atoms with Gasteiger partial charge in [0.25, 0.3) is 0 Å². The standard InChI is InChI=1S/C19H18N2O2S/c1-23-15-9-7-13(8-10-15)17-12-24-19(21-17)16(11-20)18(22)14-5-3-2-4-6-14/h2-3,7-10,12,14,16H,4-6H2,1H3/t14-,16+/m1/s1. The summed E-state index contributed by atoms with van der Waals surface area (Å²) in [6.45, 7) is 0. The normalized spacial score (nSPS) is 17.9. The van der Waals surface area contributed by atoms with Crippen LogP contribution in [-0.2, 0) is 4.79 Å². The Kier molecular flexibility index (Phi) is 5.07. The SMILES string of the molecule is COc1ccc(-c2csc([C@@H](C#N)C(=O)[C@@H]3CC=CCC3)n2)cc1. The van der Waals surface area contributed by atoms with Crippen LogP contribution < -0.4 is 4.74 Å². The van der Waals surface area contributed by atoms with Crippen LogP contribution in [-0.4, -0.2) is 17.9 Å². The number of carbonyl (C=O) groups excluding carboxylic acids is 1. The molecule has 0 radical (unpaired) electrons. The third kappa shape index (κ3) is 3.39. The summed E-state index contributed by atoms with van der Waals surface area (Å²) in [4.78, 5) is 17.2. The molecule has 0 saturated heterocycles. The van der Waals surface area contributed by atoms with E-state index in [9.17, 15) is 10.1 Å². The number of nitriles is 1. The van der Waals surface area contributed by atoms with Gasteiger partial charge in [0, 0.05) is 16.9 Å². The largest absolute Gasteiger partial charge is 0.497 e. The van der Waals surface area contributed by atoms with Crippen LogP contribution in [0, 0.1) is 17.2 Å². The molecular weight excluding hydrogens is 320 g/mol. The van der Waals surface area contributed by atoms with Crippen LogP contribution in [0.3, 0.4) is 0 Å². The van der Waals surface area contributed by atoms with Crippen LogP contribution >= 0.6 is 11.3 Å². The molecule has 5 heteroatoms. The second-order valence-corrected chi connectivity index (χ2v) is 6.64. The average molecular weight is 338 g/mol. The molecule has 0 amide bonds. The molecule has 1 aromatic heterocycles. The van der Waals surface area contributed by atoms with E-state index < -0.39 is 5.92 Å². The monoisotopic (exact) mass is 338 g/mol. The molecule has 3 rings (SSSR count). The van der Waals surface area contributed by atoms with Gasteiger partial charge in [-0.3, -0.25) is 4.79 Å². The first kappa shape index (κ1) is 16.4. The van der Waals surface area contributed by atoms with Crippen molar-refractivity contribution in [2.24, 2.45) is 5.92 Å². The van der Waals surface area contributed by atoms with E-state index in [-0.39, 0.29) is 11.7 Å². The van der Waals surface area contributed by atoms with E-state index in [1.807, 2.05) is 35.7 Å². The Morgan fingerprint density at radius 2 is 2.17 bits per heavy atom. The van der Waals surface area contributed by atoms with E-state index >= 15 is 0 Å². The lowest BCUT2D eigenvalue weighted by atomic mass is 9.85. The van der Waals surface area contributed by atoms with Crippen molar-refractivity contribution < 1.29 is 9.53 Å². The number of ether oxygens (including phenoxy) is 1. The van der Waals surface area contributed by atoms with Gasteiger partial charge in [-0.1, -0.05) is 12.2 Å². The number of nitrogens with zero attached hydrogens (tertiary/aromatic N) is 2. The number of rotatable bonds is 5. The molecule has 0 saturated carbocycles. The average Bonchev–Trinajstić information content (AvgIpc) is 3.13. The van der Waals surface area contributed by atoms with Crippen molar-refractivity contribution >= 4 is 17.1 Å². The molecule has 0 aliphatic heterocycles. The summed E-state index contributed by atoms with van der Waals surface area (Å²) < 4.78 is 5.15. The van der Waals surface area contributed by atoms with Crippen molar-refractivity contribution in [2.45, 2.75) is 25.2 Å². The van der Waals surface area contributed by atoms with Gasteiger partial charge in [-0.05, 0) is 43.5 Å². The zero-order valence-corrected chi connectivity index (χ0v) is 14.3. The zero-order chi connectivity index (χ0) is 16.9. The van der Waals surface area contributed by atoms with Gasteiger partial charge in [0.15, 0.2) is 11.7 Å². The first-order valence-corrected chi connectivity index (χ1v) is 8.79. The molecule has 122 valence electrons. The molecule has 1 heterocycles. The van der Waals surface area contributed by atoms with Crippen LogP contribution in [0.5, 0.6) is 5.75 Å². The lowest BCUT2D eigenvalue weighted by molar-refractivity contribution is -0.123. The smallest absolute Gasteiger partial charge is 0.160 e. The Balaban J connectivity index is 1.80. The molecule has 0 fully saturated rings. The summed E-state index contributed by atoms with van der Waals surface area (Å²) in [6.07, 6.45) is 6.59. The van der Waals surface area contributed by atoms with Crippen LogP contribution in [0.15, 0.2) is 41.8 Å². The molecule has 24 heavy (non-hydrogen) atoms. The molecule has 4 nitrogen and oxygen atoms in total. The van der Waals surface area contributed by atoms with E-state index in [1.54, 1.807) is 7.11 Å². The van der Waals surface area contributed by atoms with Gasteiger partial charge >= 0.3 is 0 Å². The van der Waals surface area contributed by atoms with Crippen LogP contribution in [0.1, 0.15) is 30.2 Å². The highest BCUT2D eigenvalue weighted by Crippen LogP contribution is 2.31. The predicted molar refractivity (Wildman–Crippen MR) is 93.9 cm³/mol. The maximum Gasteiger partial charge on any atom is 0.160 e. The molecule has 0 spiro atoms. The fourth-order valence-electron chi connectivity index (χ4n) is 2.84. The molecule has 2 aromatic rings. The van der Waals surface area contributed by atoms with E-state index in [2.05, 4.69) is 17.1 Å². The Morgan fingerprint density at radius 1 is 1.38 bits per heavy atom. The minimum absolute atomic E-state index is 0.00233. The Morgan fingerprint density at radius 3 is 2.79 bits per heavy atom. The number of methoxy groups -OCH3 is 1. The van der Waals surface area contributed by atoms with Gasteiger partial charge < -0.3 is 4.74 Å². The first-order valence-electron chi connectivity index (χ1n) is 7.91. The van der Waals surface area contributed by atoms with Crippen LogP contribution in [0.25, 0.3) is 11.3 Å². The van der Waals surface area contributed by atoms with Crippen LogP contribution in [0.4, 0.5) is 0 Å². The van der Waals surface area contributed by atoms with Crippen molar-refractivity contribution in [3.05, 3.63) is 46.8 Å². The number of hydrogen-bond acceptors (Lipinski definition) is 5. The summed E-state index contributed by atoms with van der Waals surface area (Å²) >= 11 is 1.38. The molecule has 2 atom stereocenters. The summed E-state index contributed by atoms with van der Waals surface area (Å²) in [5, 5.41) is 12.0. The van der Waals surface area contributed by atoms with Crippen molar-refractivity contribution in [3.63, 3.8) is 0 Å². The van der Waals surface area contributed by atoms with E-state index in [1.165, 1.54) is 11.3 Å². The maximum atomic E-state index is 12.7. The quantitative estimate of drug-likeness (QED) is 0.760. The number of allylic oxidation sites excluding steroid dienone is 2. The van der Waals surface area contributed by atoms with Gasteiger partial charge in [0.1, 0.15) is 10.8 Å². The van der Waals surface area contributed by atoms with Crippen molar-refractivity contribution in [1.82, 2.24) is 4.98 Å². The van der Waals surface area contributed by atoms with Gasteiger partial charge in [0.05, 0.1) is 18.9 Å². The number of carbonyl (C=O) groups is 1. The predicted octanol–water partition coefficient (Wildman–Crippen LogP) is 4.35. The number of aromatic nitrogens is 1. The number of benzene rings is 1. The molecule has 1 aliphatic carbocycles. The fourth-order valence-corrected chi connectivity index (χ4v) is 3.72. The minimum atomic E-state index is -0.765. The Bertz CT molecular complexity index is 786. The van der Waals surface area contributed by atoms with Gasteiger partial charge in [0.2, 0.25) is 0 Å². The number of Topliss-reactive ketones (excluding diaryl/α,β-unsaturated/α-hetero) is 1. The summed E-state index contributed by atoms with van der Waals surface area (Å²) in [5.41, 5.74) is 1.73. The topological polar surface area (TPSA) is 63.0 Å². The molecule has 0 unspecified atom stereocenters. The number of thiazole rings is 1. The number of hydrogen-bond donors (Lipinski definition) is 0. The highest BCUT2D eigenvalue weighted by molar-refractivity contribution is 7.10.